The summed E-state index contributed by atoms with van der Waals surface area (Å²) in [5, 5.41) is 10.1. The quantitative estimate of drug-likeness (QED) is 0.697. The summed E-state index contributed by atoms with van der Waals surface area (Å²) < 4.78 is 7.14. The van der Waals surface area contributed by atoms with Gasteiger partial charge in [0.05, 0.1) is 24.8 Å². The van der Waals surface area contributed by atoms with Gasteiger partial charge in [-0.1, -0.05) is 6.42 Å². The molecule has 4 rings (SSSR count). The molecule has 1 N–H and O–H groups in total. The van der Waals surface area contributed by atoms with Gasteiger partial charge < -0.3 is 14.4 Å². The summed E-state index contributed by atoms with van der Waals surface area (Å²) in [5.41, 5.74) is 1.19. The van der Waals surface area contributed by atoms with Crippen molar-refractivity contribution in [2.75, 3.05) is 25.1 Å². The summed E-state index contributed by atoms with van der Waals surface area (Å²) >= 11 is 1.66. The number of aryl methyl sites for hydroxylation is 2. The maximum Gasteiger partial charge on any atom is 0.264 e. The lowest BCUT2D eigenvalue weighted by Crippen LogP contribution is -2.32. The van der Waals surface area contributed by atoms with Crippen molar-refractivity contribution in [2.24, 2.45) is 0 Å². The molecule has 3 heterocycles. The van der Waals surface area contributed by atoms with E-state index in [2.05, 4.69) is 0 Å². The molecule has 1 aliphatic carbocycles. The first kappa shape index (κ1) is 17.3. The number of hydrogen-bond acceptors (Lipinski definition) is 6. The van der Waals surface area contributed by atoms with Crippen LogP contribution >= 0.6 is 11.3 Å². The lowest BCUT2D eigenvalue weighted by molar-refractivity contribution is 0.303. The third-order valence-corrected chi connectivity index (χ3v) is 6.16. The van der Waals surface area contributed by atoms with Crippen LogP contribution in [0, 0.1) is 0 Å². The number of furan rings is 1. The Hall–Kier alpha value is -2.12. The highest BCUT2D eigenvalue weighted by atomic mass is 32.1. The Bertz CT molecular complexity index is 959. The van der Waals surface area contributed by atoms with Crippen molar-refractivity contribution in [1.82, 2.24) is 9.55 Å². The molecule has 0 bridgehead atoms. The second-order valence-corrected chi connectivity index (χ2v) is 7.86. The highest BCUT2D eigenvalue weighted by Crippen LogP contribution is 2.34. The Kier molecular flexibility index (Phi) is 4.82. The lowest BCUT2D eigenvalue weighted by atomic mass is 10.1. The van der Waals surface area contributed by atoms with E-state index in [1.807, 2.05) is 24.1 Å². The van der Waals surface area contributed by atoms with Crippen LogP contribution in [0.2, 0.25) is 0 Å². The smallest absolute Gasteiger partial charge is 0.264 e. The zero-order valence-electron chi connectivity index (χ0n) is 14.9. The lowest BCUT2D eigenvalue weighted by Gasteiger charge is -2.21. The molecule has 0 atom stereocenters. The van der Waals surface area contributed by atoms with Crippen molar-refractivity contribution in [3.05, 3.63) is 45.0 Å². The van der Waals surface area contributed by atoms with Gasteiger partial charge in [0.15, 0.2) is 0 Å². The zero-order chi connectivity index (χ0) is 18.1. The van der Waals surface area contributed by atoms with Crippen molar-refractivity contribution in [3.63, 3.8) is 0 Å². The zero-order valence-corrected chi connectivity index (χ0v) is 15.7. The first-order valence-electron chi connectivity index (χ1n) is 9.08. The molecule has 138 valence electrons. The van der Waals surface area contributed by atoms with Gasteiger partial charge in [0.1, 0.15) is 10.6 Å². The van der Waals surface area contributed by atoms with Gasteiger partial charge in [0.2, 0.25) is 5.95 Å². The van der Waals surface area contributed by atoms with E-state index in [4.69, 9.17) is 9.40 Å². The molecule has 6 nitrogen and oxygen atoms in total. The summed E-state index contributed by atoms with van der Waals surface area (Å²) in [5.74, 6) is 1.29. The SMILES string of the molecule is CN(CCO)c1nc2sc3c(c2c(=O)n1Cc1ccco1)CCCCC3. The molecular weight excluding hydrogens is 350 g/mol. The van der Waals surface area contributed by atoms with Gasteiger partial charge in [0.25, 0.3) is 5.56 Å². The monoisotopic (exact) mass is 373 g/mol. The van der Waals surface area contributed by atoms with Gasteiger partial charge in [0, 0.05) is 18.5 Å². The number of thiophene rings is 1. The van der Waals surface area contributed by atoms with Crippen LogP contribution in [0.15, 0.2) is 27.6 Å². The summed E-state index contributed by atoms with van der Waals surface area (Å²) in [7, 11) is 1.85. The van der Waals surface area contributed by atoms with Gasteiger partial charge in [-0.3, -0.25) is 9.36 Å². The van der Waals surface area contributed by atoms with Crippen LogP contribution in [0.1, 0.15) is 35.5 Å². The minimum Gasteiger partial charge on any atom is -0.467 e. The Morgan fingerprint density at radius 2 is 2.19 bits per heavy atom. The highest BCUT2D eigenvalue weighted by molar-refractivity contribution is 7.18. The van der Waals surface area contributed by atoms with E-state index >= 15 is 0 Å². The molecule has 0 aromatic carbocycles. The summed E-state index contributed by atoms with van der Waals surface area (Å²) in [6, 6.07) is 3.68. The normalized spacial score (nSPS) is 14.4. The molecule has 0 radical (unpaired) electrons. The van der Waals surface area contributed by atoms with Crippen molar-refractivity contribution >= 4 is 27.5 Å². The molecule has 3 aromatic rings. The molecule has 7 heteroatoms. The number of likely N-dealkylation sites (N-methyl/N-ethyl adjacent to an activating group) is 1. The maximum absolute atomic E-state index is 13.4. The first-order chi connectivity index (χ1) is 12.7. The Morgan fingerprint density at radius 3 is 2.96 bits per heavy atom. The first-order valence-corrected chi connectivity index (χ1v) is 9.90. The minimum absolute atomic E-state index is 0.00605. The number of nitrogens with zero attached hydrogens (tertiary/aromatic N) is 3. The number of fused-ring (bicyclic) bond motifs is 3. The van der Waals surface area contributed by atoms with Gasteiger partial charge in [-0.05, 0) is 43.4 Å². The Balaban J connectivity index is 1.92. The second kappa shape index (κ2) is 7.25. The number of aliphatic hydroxyl groups is 1. The molecule has 0 aliphatic heterocycles. The van der Waals surface area contributed by atoms with Crippen LogP contribution in [0.4, 0.5) is 5.95 Å². The molecule has 0 fully saturated rings. The molecule has 0 amide bonds. The minimum atomic E-state index is -0.00871. The highest BCUT2D eigenvalue weighted by Gasteiger charge is 2.23. The molecule has 0 saturated heterocycles. The summed E-state index contributed by atoms with van der Waals surface area (Å²) in [4.78, 5) is 22.2. The van der Waals surface area contributed by atoms with Gasteiger partial charge in [-0.15, -0.1) is 11.3 Å². The molecule has 1 aliphatic rings. The number of aliphatic hydroxyl groups excluding tert-OH is 1. The number of hydrogen-bond donors (Lipinski definition) is 1. The standard InChI is InChI=1S/C19H23N3O3S/c1-21(9-10-23)19-20-17-16(14-7-3-2-4-8-15(14)26-17)18(24)22(19)12-13-6-5-11-25-13/h5-6,11,23H,2-4,7-10,12H2,1H3. The number of aromatic nitrogens is 2. The van der Waals surface area contributed by atoms with Gasteiger partial charge in [-0.2, -0.15) is 0 Å². The van der Waals surface area contributed by atoms with E-state index in [0.29, 0.717) is 24.8 Å². The van der Waals surface area contributed by atoms with Crippen molar-refractivity contribution in [3.8, 4) is 0 Å². The molecule has 0 unspecified atom stereocenters. The van der Waals surface area contributed by atoms with Crippen molar-refractivity contribution in [1.29, 1.82) is 0 Å². The predicted octanol–water partition coefficient (Wildman–Crippen LogP) is 2.80. The van der Waals surface area contributed by atoms with Crippen LogP contribution in [0.3, 0.4) is 0 Å². The molecule has 0 spiro atoms. The fraction of sp³-hybridized carbons (Fsp3) is 0.474. The van der Waals surface area contributed by atoms with Gasteiger partial charge in [-0.25, -0.2) is 4.98 Å². The van der Waals surface area contributed by atoms with Crippen LogP contribution in [0.25, 0.3) is 10.2 Å². The number of anilines is 1. The van der Waals surface area contributed by atoms with Crippen LogP contribution in [-0.4, -0.2) is 34.9 Å². The maximum atomic E-state index is 13.4. The third kappa shape index (κ3) is 3.05. The van der Waals surface area contributed by atoms with Gasteiger partial charge >= 0.3 is 0 Å². The third-order valence-electron chi connectivity index (χ3n) is 4.98. The molecule has 26 heavy (non-hydrogen) atoms. The van der Waals surface area contributed by atoms with Crippen molar-refractivity contribution in [2.45, 2.75) is 38.6 Å². The van der Waals surface area contributed by atoms with E-state index in [0.717, 1.165) is 29.5 Å². The van der Waals surface area contributed by atoms with Crippen molar-refractivity contribution < 1.29 is 9.52 Å². The van der Waals surface area contributed by atoms with Crippen LogP contribution < -0.4 is 10.5 Å². The topological polar surface area (TPSA) is 71.5 Å². The van der Waals surface area contributed by atoms with Crippen LogP contribution in [0.5, 0.6) is 0 Å². The molecular formula is C19H23N3O3S. The van der Waals surface area contributed by atoms with E-state index in [9.17, 15) is 9.90 Å². The van der Waals surface area contributed by atoms with Crippen LogP contribution in [-0.2, 0) is 19.4 Å². The summed E-state index contributed by atoms with van der Waals surface area (Å²) in [6.07, 6.45) is 7.13. The largest absolute Gasteiger partial charge is 0.467 e. The number of rotatable bonds is 5. The average molecular weight is 373 g/mol. The Labute approximate surface area is 155 Å². The predicted molar refractivity (Wildman–Crippen MR) is 103 cm³/mol. The average Bonchev–Trinajstić information content (AvgIpc) is 3.20. The fourth-order valence-corrected chi connectivity index (χ4v) is 4.89. The second-order valence-electron chi connectivity index (χ2n) is 6.77. The fourth-order valence-electron chi connectivity index (χ4n) is 3.65. The molecule has 0 saturated carbocycles. The van der Waals surface area contributed by atoms with E-state index < -0.39 is 0 Å². The Morgan fingerprint density at radius 1 is 1.35 bits per heavy atom. The van der Waals surface area contributed by atoms with E-state index in [1.54, 1.807) is 22.2 Å². The van der Waals surface area contributed by atoms with E-state index in [-0.39, 0.29) is 12.2 Å². The molecule has 3 aromatic heterocycles. The summed E-state index contributed by atoms with van der Waals surface area (Å²) in [6.45, 7) is 0.762. The van der Waals surface area contributed by atoms with E-state index in [1.165, 1.54) is 23.3 Å².